The minimum Gasteiger partial charge on any atom is -0.335 e. The molecule has 1 N–H and O–H groups in total. The number of hydrogen-bond donors (Lipinski definition) is 1. The Kier molecular flexibility index (Phi) is 3.96. The average molecular weight is 274 g/mol. The first-order chi connectivity index (χ1) is 8.38. The maximum atomic E-state index is 12.4. The van der Waals surface area contributed by atoms with Gasteiger partial charge in [-0.1, -0.05) is 0 Å². The van der Waals surface area contributed by atoms with Crippen molar-refractivity contribution < 1.29 is 13.2 Å². The van der Waals surface area contributed by atoms with E-state index >= 15 is 0 Å². The first-order valence-electron chi connectivity index (χ1n) is 6.68. The van der Waals surface area contributed by atoms with E-state index in [1.165, 1.54) is 12.8 Å². The van der Waals surface area contributed by atoms with Crippen LogP contribution in [0.2, 0.25) is 0 Å². The van der Waals surface area contributed by atoms with Crippen LogP contribution in [-0.4, -0.2) is 43.6 Å². The van der Waals surface area contributed by atoms with Crippen molar-refractivity contribution in [1.29, 1.82) is 0 Å². The van der Waals surface area contributed by atoms with E-state index in [4.69, 9.17) is 0 Å². The first kappa shape index (κ1) is 13.8. The van der Waals surface area contributed by atoms with Gasteiger partial charge < -0.3 is 4.90 Å². The van der Waals surface area contributed by atoms with E-state index in [-0.39, 0.29) is 5.91 Å². The van der Waals surface area contributed by atoms with E-state index in [9.17, 15) is 13.2 Å². The molecule has 0 spiro atoms. The van der Waals surface area contributed by atoms with Crippen LogP contribution in [-0.2, 0) is 14.8 Å². The molecule has 2 rings (SSSR count). The summed E-state index contributed by atoms with van der Waals surface area (Å²) >= 11 is 0. The normalized spacial score (nSPS) is 23.0. The maximum absolute atomic E-state index is 12.4. The van der Waals surface area contributed by atoms with Gasteiger partial charge in [0.2, 0.25) is 15.9 Å². The number of carbonyl (C=O) groups is 1. The second-order valence-electron chi connectivity index (χ2n) is 5.53. The molecule has 0 aliphatic heterocycles. The van der Waals surface area contributed by atoms with Crippen LogP contribution in [0.3, 0.4) is 0 Å². The molecule has 0 aromatic rings. The smallest absolute Gasteiger partial charge is 0.240 e. The Balaban J connectivity index is 2.02. The molecule has 6 heteroatoms. The van der Waals surface area contributed by atoms with E-state index < -0.39 is 16.1 Å². The predicted molar refractivity (Wildman–Crippen MR) is 69.6 cm³/mol. The maximum Gasteiger partial charge on any atom is 0.240 e. The minimum absolute atomic E-state index is 0.0603. The second-order valence-corrected chi connectivity index (χ2v) is 7.31. The number of carbonyl (C=O) groups excluding carboxylic acids is 1. The summed E-state index contributed by atoms with van der Waals surface area (Å²) in [5.74, 6) is -0.0603. The zero-order valence-electron chi connectivity index (χ0n) is 11.1. The molecule has 1 amide bonds. The number of hydrogen-bond acceptors (Lipinski definition) is 3. The Hall–Kier alpha value is -0.620. The molecule has 2 aliphatic rings. The SMILES string of the molecule is CC(NS(C)(=O)=O)C(=O)N(C1CCC1)C1CCC1. The summed E-state index contributed by atoms with van der Waals surface area (Å²) in [5, 5.41) is 0. The fourth-order valence-electron chi connectivity index (χ4n) is 2.58. The van der Waals surface area contributed by atoms with Gasteiger partial charge in [-0.05, 0) is 45.4 Å². The molecule has 104 valence electrons. The Morgan fingerprint density at radius 2 is 1.61 bits per heavy atom. The molecule has 0 heterocycles. The largest absolute Gasteiger partial charge is 0.335 e. The zero-order chi connectivity index (χ0) is 13.3. The summed E-state index contributed by atoms with van der Waals surface area (Å²) in [5.41, 5.74) is 0. The number of amides is 1. The van der Waals surface area contributed by atoms with Gasteiger partial charge >= 0.3 is 0 Å². The van der Waals surface area contributed by atoms with Crippen molar-refractivity contribution in [3.8, 4) is 0 Å². The van der Waals surface area contributed by atoms with Gasteiger partial charge in [0.25, 0.3) is 0 Å². The molecule has 2 aliphatic carbocycles. The lowest BCUT2D eigenvalue weighted by Crippen LogP contribution is -2.57. The third kappa shape index (κ3) is 3.03. The highest BCUT2D eigenvalue weighted by Crippen LogP contribution is 2.34. The molecule has 0 radical (unpaired) electrons. The summed E-state index contributed by atoms with van der Waals surface area (Å²) in [6.07, 6.45) is 7.70. The summed E-state index contributed by atoms with van der Waals surface area (Å²) < 4.78 is 24.8. The predicted octanol–water partition coefficient (Wildman–Crippen LogP) is 0.858. The highest BCUT2D eigenvalue weighted by molar-refractivity contribution is 7.88. The summed E-state index contributed by atoms with van der Waals surface area (Å²) in [6, 6.07) is 0.0272. The van der Waals surface area contributed by atoms with Crippen LogP contribution in [0.1, 0.15) is 45.4 Å². The Labute approximate surface area is 109 Å². The van der Waals surface area contributed by atoms with E-state index in [1.807, 2.05) is 4.90 Å². The van der Waals surface area contributed by atoms with Crippen LogP contribution in [0.25, 0.3) is 0 Å². The van der Waals surface area contributed by atoms with E-state index in [0.717, 1.165) is 31.9 Å². The van der Waals surface area contributed by atoms with Crippen LogP contribution in [0, 0.1) is 0 Å². The van der Waals surface area contributed by atoms with Gasteiger partial charge in [0.1, 0.15) is 0 Å². The molecular formula is C12H22N2O3S. The molecule has 0 bridgehead atoms. The highest BCUT2D eigenvalue weighted by atomic mass is 32.2. The van der Waals surface area contributed by atoms with Gasteiger partial charge in [-0.15, -0.1) is 0 Å². The van der Waals surface area contributed by atoms with Crippen molar-refractivity contribution in [1.82, 2.24) is 9.62 Å². The summed E-state index contributed by atoms with van der Waals surface area (Å²) in [6.45, 7) is 1.63. The Morgan fingerprint density at radius 1 is 1.17 bits per heavy atom. The van der Waals surface area contributed by atoms with Gasteiger partial charge in [0, 0.05) is 12.1 Å². The summed E-state index contributed by atoms with van der Waals surface area (Å²) in [4.78, 5) is 14.3. The molecule has 1 unspecified atom stereocenters. The fourth-order valence-corrected chi connectivity index (χ4v) is 3.33. The quantitative estimate of drug-likeness (QED) is 0.808. The topological polar surface area (TPSA) is 66.5 Å². The molecule has 18 heavy (non-hydrogen) atoms. The highest BCUT2D eigenvalue weighted by Gasteiger charge is 2.38. The molecule has 0 aromatic carbocycles. The molecule has 2 saturated carbocycles. The van der Waals surface area contributed by atoms with Crippen molar-refractivity contribution >= 4 is 15.9 Å². The number of nitrogens with zero attached hydrogens (tertiary/aromatic N) is 1. The Bertz CT molecular complexity index is 399. The van der Waals surface area contributed by atoms with Crippen LogP contribution in [0.15, 0.2) is 0 Å². The molecule has 0 aromatic heterocycles. The minimum atomic E-state index is -3.33. The summed E-state index contributed by atoms with van der Waals surface area (Å²) in [7, 11) is -3.33. The molecular weight excluding hydrogens is 252 g/mol. The average Bonchev–Trinajstić information content (AvgIpc) is 2.06. The third-order valence-electron chi connectivity index (χ3n) is 3.95. The lowest BCUT2D eigenvalue weighted by atomic mass is 9.84. The van der Waals surface area contributed by atoms with Crippen molar-refractivity contribution in [2.24, 2.45) is 0 Å². The molecule has 5 nitrogen and oxygen atoms in total. The van der Waals surface area contributed by atoms with Crippen molar-refractivity contribution in [2.75, 3.05) is 6.26 Å². The zero-order valence-corrected chi connectivity index (χ0v) is 11.9. The van der Waals surface area contributed by atoms with Crippen LogP contribution >= 0.6 is 0 Å². The lowest BCUT2D eigenvalue weighted by Gasteiger charge is -2.47. The van der Waals surface area contributed by atoms with Crippen molar-refractivity contribution in [3.63, 3.8) is 0 Å². The van der Waals surface area contributed by atoms with Gasteiger partial charge in [0.05, 0.1) is 12.3 Å². The Morgan fingerprint density at radius 3 is 1.89 bits per heavy atom. The van der Waals surface area contributed by atoms with E-state index in [1.54, 1.807) is 6.92 Å². The standard InChI is InChI=1S/C12H22N2O3S/c1-9(13-18(2,16)17)12(15)14(10-5-3-6-10)11-7-4-8-11/h9-11,13H,3-8H2,1-2H3. The fraction of sp³-hybridized carbons (Fsp3) is 0.917. The van der Waals surface area contributed by atoms with Crippen molar-refractivity contribution in [2.45, 2.75) is 63.6 Å². The van der Waals surface area contributed by atoms with Crippen LogP contribution in [0.5, 0.6) is 0 Å². The van der Waals surface area contributed by atoms with Crippen molar-refractivity contribution in [3.05, 3.63) is 0 Å². The van der Waals surface area contributed by atoms with Crippen LogP contribution in [0.4, 0.5) is 0 Å². The molecule has 0 saturated heterocycles. The van der Waals surface area contributed by atoms with Gasteiger partial charge in [-0.25, -0.2) is 13.1 Å². The van der Waals surface area contributed by atoms with Crippen LogP contribution < -0.4 is 4.72 Å². The molecule has 1 atom stereocenters. The monoisotopic (exact) mass is 274 g/mol. The molecule has 2 fully saturated rings. The first-order valence-corrected chi connectivity index (χ1v) is 8.57. The van der Waals surface area contributed by atoms with Gasteiger partial charge in [-0.2, -0.15) is 0 Å². The number of sulfonamides is 1. The van der Waals surface area contributed by atoms with Gasteiger partial charge in [0.15, 0.2) is 0 Å². The number of rotatable bonds is 5. The van der Waals surface area contributed by atoms with E-state index in [0.29, 0.717) is 12.1 Å². The second kappa shape index (κ2) is 5.17. The van der Waals surface area contributed by atoms with Gasteiger partial charge in [-0.3, -0.25) is 4.79 Å². The number of nitrogens with one attached hydrogen (secondary N) is 1. The lowest BCUT2D eigenvalue weighted by molar-refractivity contribution is -0.142. The third-order valence-corrected chi connectivity index (χ3v) is 4.73. The van der Waals surface area contributed by atoms with E-state index in [2.05, 4.69) is 4.72 Å².